The van der Waals surface area contributed by atoms with Crippen molar-refractivity contribution in [3.8, 4) is 0 Å². The lowest BCUT2D eigenvalue weighted by atomic mass is 10.00. The largest absolute Gasteiger partial charge is 0.480 e. The van der Waals surface area contributed by atoms with Gasteiger partial charge in [0.1, 0.15) is 54.4 Å². The van der Waals surface area contributed by atoms with E-state index >= 15 is 0 Å². The fraction of sp³-hybridized carbons (Fsp3) is 0.786. The molecule has 23 nitrogen and oxygen atoms in total. The van der Waals surface area contributed by atoms with E-state index in [9.17, 15) is 63.6 Å². The number of rotatable bonds is 27. The molecule has 0 aromatic carbocycles. The molecule has 2 heterocycles. The van der Waals surface area contributed by atoms with Gasteiger partial charge in [0.05, 0.1) is 19.8 Å². The number of nitrogens with one attached hydrogen (secondary N) is 6. The molecule has 0 aromatic heterocycles. The minimum atomic E-state index is -1.66. The normalized spacial score (nSPS) is 19.4. The Kier molecular flexibility index (Phi) is 23.8. The third kappa shape index (κ3) is 17.1. The van der Waals surface area contributed by atoms with Crippen LogP contribution in [0.15, 0.2) is 0 Å². The quantitative estimate of drug-likeness (QED) is 0.0351. The topological polar surface area (TPSA) is 365 Å². The molecule has 2 aliphatic rings. The number of aliphatic hydroxyl groups excluding tert-OH is 3. The van der Waals surface area contributed by atoms with Gasteiger partial charge in [0, 0.05) is 13.1 Å². The first-order valence-corrected chi connectivity index (χ1v) is 22.6. The molecule has 8 amide bonds. The summed E-state index contributed by atoms with van der Waals surface area (Å²) in [4.78, 5) is 122. The Bertz CT molecular complexity index is 1650. The minimum Gasteiger partial charge on any atom is -0.480 e. The molecule has 14 N–H and O–H groups in total. The first-order chi connectivity index (χ1) is 30.6. The summed E-state index contributed by atoms with van der Waals surface area (Å²) in [5, 5.41) is 53.8. The Balaban J connectivity index is 2.22. The third-order valence-electron chi connectivity index (χ3n) is 11.3. The summed E-state index contributed by atoms with van der Waals surface area (Å²) >= 11 is 0. The van der Waals surface area contributed by atoms with Crippen LogP contribution in [0.1, 0.15) is 99.3 Å². The van der Waals surface area contributed by atoms with Crippen LogP contribution < -0.4 is 43.4 Å². The number of hydrogen-bond donors (Lipinski definition) is 12. The van der Waals surface area contributed by atoms with Crippen molar-refractivity contribution < 1.29 is 63.6 Å². The molecule has 0 radical (unpaired) electrons. The van der Waals surface area contributed by atoms with Gasteiger partial charge in [-0.3, -0.25) is 38.4 Å². The summed E-state index contributed by atoms with van der Waals surface area (Å²) in [6.45, 7) is 8.64. The molecule has 23 heteroatoms. The van der Waals surface area contributed by atoms with E-state index in [4.69, 9.17) is 11.5 Å². The van der Waals surface area contributed by atoms with Crippen molar-refractivity contribution in [2.75, 3.05) is 39.5 Å². The van der Waals surface area contributed by atoms with Crippen LogP contribution in [0.25, 0.3) is 0 Å². The SMILES string of the molecule is CC(C)C[C@H](NC(=O)[C@H](CO)NC(=O)[C@H](CO)NC(=O)[C@@H](NC(=O)[C@@H]1CCCN1C(=O)[C@H](CC(C)C)NC(=O)[C@H](CCCCN)NC(=O)[C@@H]1CCCN1C(=O)[C@@H](N)CO)C(C)C)C(=O)O. The van der Waals surface area contributed by atoms with E-state index in [1.807, 2.05) is 13.8 Å². The Morgan fingerprint density at radius 2 is 1.02 bits per heavy atom. The molecule has 2 fully saturated rings. The molecule has 370 valence electrons. The first kappa shape index (κ1) is 56.2. The van der Waals surface area contributed by atoms with E-state index in [1.165, 1.54) is 9.80 Å². The van der Waals surface area contributed by atoms with Gasteiger partial charge in [0.2, 0.25) is 47.3 Å². The number of carboxylic acid groups (broad SMARTS) is 1. The zero-order valence-electron chi connectivity index (χ0n) is 38.5. The van der Waals surface area contributed by atoms with E-state index in [0.29, 0.717) is 38.6 Å². The highest BCUT2D eigenvalue weighted by Gasteiger charge is 2.42. The molecule has 0 unspecified atom stereocenters. The highest BCUT2D eigenvalue weighted by atomic mass is 16.4. The van der Waals surface area contributed by atoms with Crippen molar-refractivity contribution in [2.45, 2.75) is 154 Å². The van der Waals surface area contributed by atoms with E-state index < -0.39 is 133 Å². The molecule has 65 heavy (non-hydrogen) atoms. The van der Waals surface area contributed by atoms with Gasteiger partial charge in [-0.25, -0.2) is 4.79 Å². The summed E-state index contributed by atoms with van der Waals surface area (Å²) in [6, 6.07) is -11.3. The van der Waals surface area contributed by atoms with Crippen molar-refractivity contribution in [1.29, 1.82) is 0 Å². The zero-order chi connectivity index (χ0) is 49.1. The van der Waals surface area contributed by atoms with Gasteiger partial charge in [0.25, 0.3) is 0 Å². The molecular weight excluding hydrogens is 853 g/mol. The molecule has 2 saturated heterocycles. The van der Waals surface area contributed by atoms with Crippen LogP contribution in [0.5, 0.6) is 0 Å². The lowest BCUT2D eigenvalue weighted by Gasteiger charge is -2.32. The van der Waals surface area contributed by atoms with Crippen LogP contribution in [-0.4, -0.2) is 177 Å². The van der Waals surface area contributed by atoms with Crippen molar-refractivity contribution >= 4 is 53.2 Å². The van der Waals surface area contributed by atoms with E-state index in [1.54, 1.807) is 27.7 Å². The molecule has 0 bridgehead atoms. The first-order valence-electron chi connectivity index (χ1n) is 22.6. The van der Waals surface area contributed by atoms with Crippen molar-refractivity contribution in [2.24, 2.45) is 29.2 Å². The standard InChI is InChI=1S/C42H74N10O13/c1-22(2)17-27(46-34(56)26(11-7-8-14-43)45-37(59)31-12-9-15-51(31)40(62)25(44)19-53)41(63)52-16-10-13-32(52)38(60)50-33(24(5)6)39(61)49-30(21-55)36(58)48-29(20-54)35(57)47-28(42(64)65)18-23(3)4/h22-33,53-55H,7-21,43-44H2,1-6H3,(H,45,59)(H,46,56)(H,47,57)(H,48,58)(H,49,61)(H,50,60)(H,64,65)/t25-,26-,27-,28-,29-,30-,31-,32-,33-/m0/s1. The van der Waals surface area contributed by atoms with E-state index in [0.717, 1.165) is 0 Å². The molecule has 0 aromatic rings. The summed E-state index contributed by atoms with van der Waals surface area (Å²) in [5.74, 6) is -8.19. The Morgan fingerprint density at radius 3 is 1.48 bits per heavy atom. The third-order valence-corrected chi connectivity index (χ3v) is 11.3. The summed E-state index contributed by atoms with van der Waals surface area (Å²) in [7, 11) is 0. The number of carbonyl (C=O) groups is 9. The molecule has 2 rings (SSSR count). The molecule has 0 saturated carbocycles. The predicted molar refractivity (Wildman–Crippen MR) is 235 cm³/mol. The van der Waals surface area contributed by atoms with Crippen molar-refractivity contribution in [3.05, 3.63) is 0 Å². The van der Waals surface area contributed by atoms with Gasteiger partial charge < -0.3 is 73.6 Å². The molecule has 9 atom stereocenters. The number of hydrogen-bond acceptors (Lipinski definition) is 14. The van der Waals surface area contributed by atoms with Crippen molar-refractivity contribution in [1.82, 2.24) is 41.7 Å². The molecule has 0 aliphatic carbocycles. The molecule has 0 spiro atoms. The fourth-order valence-electron chi connectivity index (χ4n) is 7.76. The van der Waals surface area contributed by atoms with Crippen LogP contribution in [0, 0.1) is 17.8 Å². The van der Waals surface area contributed by atoms with Crippen molar-refractivity contribution in [3.63, 3.8) is 0 Å². The summed E-state index contributed by atoms with van der Waals surface area (Å²) < 4.78 is 0. The second kappa shape index (κ2) is 27.5. The maximum atomic E-state index is 14.3. The van der Waals surface area contributed by atoms with Gasteiger partial charge in [0.15, 0.2) is 0 Å². The average Bonchev–Trinajstić information content (AvgIpc) is 3.95. The number of carbonyl (C=O) groups excluding carboxylic acids is 8. The number of nitrogens with two attached hydrogens (primary N) is 2. The second-order valence-electron chi connectivity index (χ2n) is 18.0. The number of nitrogens with zero attached hydrogens (tertiary/aromatic N) is 2. The monoisotopic (exact) mass is 927 g/mol. The summed E-state index contributed by atoms with van der Waals surface area (Å²) in [6.07, 6.45) is 2.86. The number of amides is 8. The highest BCUT2D eigenvalue weighted by Crippen LogP contribution is 2.22. The average molecular weight is 927 g/mol. The number of likely N-dealkylation sites (tertiary alicyclic amines) is 2. The van der Waals surface area contributed by atoms with Crippen LogP contribution in [0.4, 0.5) is 0 Å². The van der Waals surface area contributed by atoms with E-state index in [-0.39, 0.29) is 50.6 Å². The van der Waals surface area contributed by atoms with Gasteiger partial charge in [-0.05, 0) is 82.1 Å². The number of aliphatic carboxylic acids is 1. The zero-order valence-corrected chi connectivity index (χ0v) is 38.5. The number of carboxylic acids is 1. The van der Waals surface area contributed by atoms with Gasteiger partial charge in [-0.15, -0.1) is 0 Å². The van der Waals surface area contributed by atoms with E-state index in [2.05, 4.69) is 31.9 Å². The van der Waals surface area contributed by atoms with Gasteiger partial charge >= 0.3 is 5.97 Å². The lowest BCUT2D eigenvalue weighted by molar-refractivity contribution is -0.143. The minimum absolute atomic E-state index is 0.0694. The number of unbranched alkanes of at least 4 members (excludes halogenated alkanes) is 1. The Morgan fingerprint density at radius 1 is 0.569 bits per heavy atom. The molecule has 2 aliphatic heterocycles. The number of aliphatic hydroxyl groups is 3. The summed E-state index contributed by atoms with van der Waals surface area (Å²) in [5.41, 5.74) is 11.4. The maximum Gasteiger partial charge on any atom is 0.326 e. The smallest absolute Gasteiger partial charge is 0.326 e. The Labute approximate surface area is 380 Å². The van der Waals surface area contributed by atoms with Crippen LogP contribution in [-0.2, 0) is 43.2 Å². The second-order valence-corrected chi connectivity index (χ2v) is 18.0. The van der Waals surface area contributed by atoms with Gasteiger partial charge in [-0.2, -0.15) is 0 Å². The predicted octanol–water partition coefficient (Wildman–Crippen LogP) is -3.86. The van der Waals surface area contributed by atoms with Crippen LogP contribution in [0.2, 0.25) is 0 Å². The van der Waals surface area contributed by atoms with Crippen LogP contribution >= 0.6 is 0 Å². The Hall–Kier alpha value is -4.97. The molecular formula is C42H74N10O13. The highest BCUT2D eigenvalue weighted by molar-refractivity contribution is 5.98. The lowest BCUT2D eigenvalue weighted by Crippen LogP contribution is -2.61. The fourth-order valence-corrected chi connectivity index (χ4v) is 7.76. The maximum absolute atomic E-state index is 14.3. The van der Waals surface area contributed by atoms with Crippen LogP contribution in [0.3, 0.4) is 0 Å². The van der Waals surface area contributed by atoms with Gasteiger partial charge in [-0.1, -0.05) is 41.5 Å².